The van der Waals surface area contributed by atoms with Gasteiger partial charge in [0.15, 0.2) is 8.68 Å². The van der Waals surface area contributed by atoms with Gasteiger partial charge >= 0.3 is 0 Å². The van der Waals surface area contributed by atoms with Gasteiger partial charge in [-0.05, 0) is 24.6 Å². The molecule has 5 nitrogen and oxygen atoms in total. The van der Waals surface area contributed by atoms with Gasteiger partial charge in [-0.15, -0.1) is 0 Å². The lowest BCUT2D eigenvalue weighted by molar-refractivity contribution is 0.340. The SMILES string of the molecule is CCOc1cccc(CNS(=O)(=O)c2cnc(Cl)s2)c1. The number of aromatic nitrogens is 1. The smallest absolute Gasteiger partial charge is 0.252 e. The zero-order valence-electron chi connectivity index (χ0n) is 10.7. The third-order valence-electron chi connectivity index (χ3n) is 2.40. The van der Waals surface area contributed by atoms with Crippen molar-refractivity contribution in [1.82, 2.24) is 9.71 Å². The van der Waals surface area contributed by atoms with Gasteiger partial charge in [0, 0.05) is 6.54 Å². The monoisotopic (exact) mass is 332 g/mol. The minimum Gasteiger partial charge on any atom is -0.494 e. The summed E-state index contributed by atoms with van der Waals surface area (Å²) >= 11 is 6.56. The Bertz CT molecular complexity index is 686. The van der Waals surface area contributed by atoms with E-state index >= 15 is 0 Å². The number of rotatable bonds is 6. The summed E-state index contributed by atoms with van der Waals surface area (Å²) in [7, 11) is -3.58. The molecule has 0 saturated heterocycles. The second kappa shape index (κ2) is 6.53. The largest absolute Gasteiger partial charge is 0.494 e. The molecular formula is C12H13ClN2O3S2. The highest BCUT2D eigenvalue weighted by atomic mass is 35.5. The van der Waals surface area contributed by atoms with Crippen molar-refractivity contribution in [2.24, 2.45) is 0 Å². The molecule has 108 valence electrons. The van der Waals surface area contributed by atoms with Crippen molar-refractivity contribution in [3.8, 4) is 5.75 Å². The van der Waals surface area contributed by atoms with E-state index in [9.17, 15) is 8.42 Å². The summed E-state index contributed by atoms with van der Waals surface area (Å²) in [6.07, 6.45) is 1.24. The number of sulfonamides is 1. The van der Waals surface area contributed by atoms with Crippen LogP contribution in [-0.2, 0) is 16.6 Å². The molecule has 1 aromatic carbocycles. The summed E-state index contributed by atoms with van der Waals surface area (Å²) in [5.74, 6) is 0.713. The van der Waals surface area contributed by atoms with Crippen LogP contribution in [0.5, 0.6) is 5.75 Å². The van der Waals surface area contributed by atoms with E-state index in [4.69, 9.17) is 16.3 Å². The molecule has 0 bridgehead atoms. The molecule has 0 fully saturated rings. The first-order valence-corrected chi connectivity index (χ1v) is 8.52. The Labute approximate surface area is 126 Å². The molecule has 2 aromatic rings. The molecule has 0 aliphatic heterocycles. The van der Waals surface area contributed by atoms with Crippen LogP contribution in [-0.4, -0.2) is 20.0 Å². The Balaban J connectivity index is 2.06. The van der Waals surface area contributed by atoms with Crippen LogP contribution in [0, 0.1) is 0 Å². The van der Waals surface area contributed by atoms with E-state index < -0.39 is 10.0 Å². The Morgan fingerprint density at radius 2 is 2.25 bits per heavy atom. The van der Waals surface area contributed by atoms with Crippen molar-refractivity contribution in [3.05, 3.63) is 40.5 Å². The van der Waals surface area contributed by atoms with E-state index in [2.05, 4.69) is 9.71 Å². The van der Waals surface area contributed by atoms with Gasteiger partial charge in [-0.1, -0.05) is 35.1 Å². The number of hydrogen-bond acceptors (Lipinski definition) is 5. The predicted molar refractivity (Wildman–Crippen MR) is 78.8 cm³/mol. The maximum absolute atomic E-state index is 12.0. The van der Waals surface area contributed by atoms with Crippen LogP contribution in [0.15, 0.2) is 34.7 Å². The molecule has 0 radical (unpaired) electrons. The number of benzene rings is 1. The maximum atomic E-state index is 12.0. The van der Waals surface area contributed by atoms with Crippen molar-refractivity contribution in [2.45, 2.75) is 17.7 Å². The number of thiazole rings is 1. The molecule has 0 atom stereocenters. The Kier molecular flexibility index (Phi) is 4.98. The minimum atomic E-state index is -3.58. The van der Waals surface area contributed by atoms with Crippen LogP contribution in [0.25, 0.3) is 0 Å². The van der Waals surface area contributed by atoms with Crippen LogP contribution < -0.4 is 9.46 Å². The molecule has 1 heterocycles. The second-order valence-corrected chi connectivity index (χ2v) is 7.44. The van der Waals surface area contributed by atoms with Gasteiger partial charge in [0.25, 0.3) is 10.0 Å². The minimum absolute atomic E-state index is 0.100. The lowest BCUT2D eigenvalue weighted by Crippen LogP contribution is -2.22. The van der Waals surface area contributed by atoms with E-state index in [1.165, 1.54) is 6.20 Å². The Hall–Kier alpha value is -1.15. The molecule has 0 saturated carbocycles. The van der Waals surface area contributed by atoms with Crippen molar-refractivity contribution < 1.29 is 13.2 Å². The second-order valence-electron chi connectivity index (χ2n) is 3.84. The zero-order chi connectivity index (χ0) is 14.6. The molecule has 0 amide bonds. The van der Waals surface area contributed by atoms with Gasteiger partial charge in [0.1, 0.15) is 5.75 Å². The maximum Gasteiger partial charge on any atom is 0.252 e. The van der Waals surface area contributed by atoms with Gasteiger partial charge in [-0.25, -0.2) is 18.1 Å². The Morgan fingerprint density at radius 1 is 1.45 bits per heavy atom. The van der Waals surface area contributed by atoms with Crippen LogP contribution in [0.1, 0.15) is 12.5 Å². The summed E-state index contributed by atoms with van der Waals surface area (Å²) in [6.45, 7) is 2.64. The summed E-state index contributed by atoms with van der Waals surface area (Å²) < 4.78 is 32.2. The number of nitrogens with one attached hydrogen (secondary N) is 1. The first-order chi connectivity index (χ1) is 9.51. The molecule has 2 rings (SSSR count). The first-order valence-electron chi connectivity index (χ1n) is 5.84. The lowest BCUT2D eigenvalue weighted by Gasteiger charge is -2.07. The molecule has 0 unspecified atom stereocenters. The highest BCUT2D eigenvalue weighted by Crippen LogP contribution is 2.22. The summed E-state index contributed by atoms with van der Waals surface area (Å²) in [5.41, 5.74) is 0.815. The Morgan fingerprint density at radius 3 is 2.90 bits per heavy atom. The molecular weight excluding hydrogens is 320 g/mol. The zero-order valence-corrected chi connectivity index (χ0v) is 13.1. The number of hydrogen-bond donors (Lipinski definition) is 1. The third kappa shape index (κ3) is 3.92. The average molecular weight is 333 g/mol. The molecule has 0 spiro atoms. The summed E-state index contributed by atoms with van der Waals surface area (Å²) in [5, 5.41) is 0. The number of halogens is 1. The fourth-order valence-corrected chi connectivity index (χ4v) is 3.88. The molecule has 20 heavy (non-hydrogen) atoms. The fourth-order valence-electron chi connectivity index (χ4n) is 1.52. The molecule has 8 heteroatoms. The molecule has 1 aromatic heterocycles. The summed E-state index contributed by atoms with van der Waals surface area (Å²) in [6, 6.07) is 7.26. The fraction of sp³-hybridized carbons (Fsp3) is 0.250. The average Bonchev–Trinajstić information content (AvgIpc) is 2.85. The van der Waals surface area contributed by atoms with Crippen molar-refractivity contribution in [2.75, 3.05) is 6.61 Å². The quantitative estimate of drug-likeness (QED) is 0.883. The van der Waals surface area contributed by atoms with Gasteiger partial charge in [0.2, 0.25) is 0 Å². The van der Waals surface area contributed by atoms with E-state index in [0.717, 1.165) is 16.9 Å². The standard InChI is InChI=1S/C12H13ClN2O3S2/c1-2-18-10-5-3-4-9(6-10)7-15-20(16,17)11-8-14-12(13)19-11/h3-6,8,15H,2,7H2,1H3. The number of nitrogens with zero attached hydrogens (tertiary/aromatic N) is 1. The molecule has 0 aliphatic rings. The van der Waals surface area contributed by atoms with E-state index in [1.54, 1.807) is 6.07 Å². The van der Waals surface area contributed by atoms with E-state index in [0.29, 0.717) is 12.4 Å². The van der Waals surface area contributed by atoms with Crippen LogP contribution in [0.3, 0.4) is 0 Å². The van der Waals surface area contributed by atoms with Crippen LogP contribution >= 0.6 is 22.9 Å². The van der Waals surface area contributed by atoms with Crippen molar-refractivity contribution in [3.63, 3.8) is 0 Å². The molecule has 1 N–H and O–H groups in total. The van der Waals surface area contributed by atoms with Crippen LogP contribution in [0.4, 0.5) is 0 Å². The van der Waals surface area contributed by atoms with Gasteiger partial charge < -0.3 is 4.74 Å². The topological polar surface area (TPSA) is 68.3 Å². The van der Waals surface area contributed by atoms with Gasteiger partial charge in [0.05, 0.1) is 12.8 Å². The van der Waals surface area contributed by atoms with Crippen molar-refractivity contribution in [1.29, 1.82) is 0 Å². The van der Waals surface area contributed by atoms with Gasteiger partial charge in [-0.2, -0.15) is 0 Å². The lowest BCUT2D eigenvalue weighted by atomic mass is 10.2. The third-order valence-corrected chi connectivity index (χ3v) is 5.37. The predicted octanol–water partition coefficient (Wildman–Crippen LogP) is 2.67. The van der Waals surface area contributed by atoms with E-state index in [-0.39, 0.29) is 15.2 Å². The highest BCUT2D eigenvalue weighted by Gasteiger charge is 2.17. The van der Waals surface area contributed by atoms with Crippen molar-refractivity contribution >= 4 is 33.0 Å². The van der Waals surface area contributed by atoms with Gasteiger partial charge in [-0.3, -0.25) is 0 Å². The normalized spacial score (nSPS) is 11.5. The van der Waals surface area contributed by atoms with Crippen LogP contribution in [0.2, 0.25) is 4.47 Å². The summed E-state index contributed by atoms with van der Waals surface area (Å²) in [4.78, 5) is 3.72. The van der Waals surface area contributed by atoms with E-state index in [1.807, 2.05) is 25.1 Å². The number of ether oxygens (including phenoxy) is 1. The molecule has 0 aliphatic carbocycles. The first kappa shape index (κ1) is 15.2. The highest BCUT2D eigenvalue weighted by molar-refractivity contribution is 7.91.